The van der Waals surface area contributed by atoms with E-state index >= 15 is 0 Å². The van der Waals surface area contributed by atoms with E-state index in [1.807, 2.05) is 0 Å². The maximum Gasteiger partial charge on any atom is 0.320 e. The van der Waals surface area contributed by atoms with Crippen LogP contribution in [0.4, 0.5) is 18.9 Å². The first-order chi connectivity index (χ1) is 17.0. The number of amides is 1. The van der Waals surface area contributed by atoms with E-state index in [0.29, 0.717) is 39.5 Å². The number of hydrogen-bond donors (Lipinski definition) is 1. The number of aryl methyl sites for hydroxylation is 1. The van der Waals surface area contributed by atoms with Crippen LogP contribution in [0, 0.1) is 5.82 Å². The van der Waals surface area contributed by atoms with Crippen molar-refractivity contribution in [3.05, 3.63) is 90.7 Å². The number of imidazole rings is 1. The van der Waals surface area contributed by atoms with Crippen LogP contribution in [0.15, 0.2) is 83.4 Å². The van der Waals surface area contributed by atoms with Gasteiger partial charge in [-0.1, -0.05) is 24.3 Å². The molecule has 0 unspecified atom stereocenters. The standard InChI is InChI=1S/C26H19F3N4O2/c27-19-6-2-1-5-18(19)22-15-30-24(35-22)14-13-23(34)31-17-11-9-16(10-12-17)25-32-20-7-3-4-8-21(20)33(25)26(28)29/h1-12,15,26H,13-14H2,(H,31,34). The molecule has 0 bridgehead atoms. The van der Waals surface area contributed by atoms with Gasteiger partial charge in [0, 0.05) is 24.1 Å². The number of para-hydroxylation sites is 2. The maximum absolute atomic E-state index is 13.9. The van der Waals surface area contributed by atoms with E-state index in [9.17, 15) is 18.0 Å². The van der Waals surface area contributed by atoms with Crippen molar-refractivity contribution in [1.29, 1.82) is 0 Å². The molecule has 0 saturated carbocycles. The number of halogens is 3. The summed E-state index contributed by atoms with van der Waals surface area (Å²) in [5, 5.41) is 2.76. The highest BCUT2D eigenvalue weighted by Crippen LogP contribution is 2.30. The quantitative estimate of drug-likeness (QED) is 0.292. The number of nitrogens with one attached hydrogen (secondary N) is 1. The first-order valence-electron chi connectivity index (χ1n) is 10.8. The second-order valence-corrected chi connectivity index (χ2v) is 7.80. The van der Waals surface area contributed by atoms with Gasteiger partial charge >= 0.3 is 6.55 Å². The first-order valence-corrected chi connectivity index (χ1v) is 10.8. The Morgan fingerprint density at radius 2 is 1.74 bits per heavy atom. The Morgan fingerprint density at radius 3 is 2.51 bits per heavy atom. The van der Waals surface area contributed by atoms with Crippen LogP contribution in [0.3, 0.4) is 0 Å². The molecule has 2 heterocycles. The number of carbonyl (C=O) groups excluding carboxylic acids is 1. The topological polar surface area (TPSA) is 73.0 Å². The van der Waals surface area contributed by atoms with Crippen LogP contribution in [0.5, 0.6) is 0 Å². The van der Waals surface area contributed by atoms with Gasteiger partial charge in [0.1, 0.15) is 11.6 Å². The molecule has 1 N–H and O–H groups in total. The zero-order valence-corrected chi connectivity index (χ0v) is 18.3. The van der Waals surface area contributed by atoms with Gasteiger partial charge in [0.15, 0.2) is 11.7 Å². The summed E-state index contributed by atoms with van der Waals surface area (Å²) in [5.74, 6) is 0.0703. The number of nitrogens with zero attached hydrogens (tertiary/aromatic N) is 3. The number of rotatable bonds is 7. The van der Waals surface area contributed by atoms with Crippen LogP contribution in [-0.4, -0.2) is 20.4 Å². The number of fused-ring (bicyclic) bond motifs is 1. The molecule has 0 atom stereocenters. The zero-order valence-electron chi connectivity index (χ0n) is 18.3. The van der Waals surface area contributed by atoms with Gasteiger partial charge < -0.3 is 9.73 Å². The van der Waals surface area contributed by atoms with Gasteiger partial charge in [-0.25, -0.2) is 14.4 Å². The number of aromatic nitrogens is 3. The molecule has 0 aliphatic rings. The minimum atomic E-state index is -2.74. The summed E-state index contributed by atoms with van der Waals surface area (Å²) in [7, 11) is 0. The van der Waals surface area contributed by atoms with Gasteiger partial charge in [0.2, 0.25) is 5.91 Å². The summed E-state index contributed by atoms with van der Waals surface area (Å²) in [5.41, 5.74) is 2.14. The molecule has 2 aromatic heterocycles. The van der Waals surface area contributed by atoms with E-state index in [4.69, 9.17) is 4.42 Å². The third kappa shape index (κ3) is 4.65. The van der Waals surface area contributed by atoms with Crippen molar-refractivity contribution >= 4 is 22.6 Å². The predicted molar refractivity (Wildman–Crippen MR) is 125 cm³/mol. The Hall–Kier alpha value is -4.40. The maximum atomic E-state index is 13.9. The van der Waals surface area contributed by atoms with Crippen LogP contribution in [0.2, 0.25) is 0 Å². The molecule has 0 saturated heterocycles. The lowest BCUT2D eigenvalue weighted by Crippen LogP contribution is -2.12. The van der Waals surface area contributed by atoms with Crippen LogP contribution in [-0.2, 0) is 11.2 Å². The minimum Gasteiger partial charge on any atom is -0.441 e. The summed E-state index contributed by atoms with van der Waals surface area (Å²) in [4.78, 5) is 20.8. The van der Waals surface area contributed by atoms with Crippen LogP contribution in [0.25, 0.3) is 33.7 Å². The SMILES string of the molecule is O=C(CCc1ncc(-c2ccccc2F)o1)Nc1ccc(-c2nc3ccccc3n2C(F)F)cc1. The number of benzene rings is 3. The lowest BCUT2D eigenvalue weighted by molar-refractivity contribution is -0.116. The van der Waals surface area contributed by atoms with E-state index in [1.54, 1.807) is 66.7 Å². The molecule has 0 aliphatic heterocycles. The minimum absolute atomic E-state index is 0.0974. The lowest BCUT2D eigenvalue weighted by Gasteiger charge is -2.09. The second kappa shape index (κ2) is 9.46. The van der Waals surface area contributed by atoms with Gasteiger partial charge in [-0.3, -0.25) is 9.36 Å². The van der Waals surface area contributed by atoms with Gasteiger partial charge in [-0.15, -0.1) is 0 Å². The number of carbonyl (C=O) groups is 1. The van der Waals surface area contributed by atoms with Gasteiger partial charge in [-0.05, 0) is 48.5 Å². The number of anilines is 1. The van der Waals surface area contributed by atoms with Crippen molar-refractivity contribution in [2.24, 2.45) is 0 Å². The fourth-order valence-electron chi connectivity index (χ4n) is 3.80. The van der Waals surface area contributed by atoms with Crippen LogP contribution >= 0.6 is 0 Å². The Kier molecular flexibility index (Phi) is 6.05. The molecule has 9 heteroatoms. The fraction of sp³-hybridized carbons (Fsp3) is 0.115. The molecule has 3 aromatic carbocycles. The molecule has 176 valence electrons. The van der Waals surface area contributed by atoms with Gasteiger partial charge in [0.05, 0.1) is 22.8 Å². The molecular weight excluding hydrogens is 457 g/mol. The van der Waals surface area contributed by atoms with Gasteiger partial charge in [-0.2, -0.15) is 8.78 Å². The smallest absolute Gasteiger partial charge is 0.320 e. The summed E-state index contributed by atoms with van der Waals surface area (Å²) in [6, 6.07) is 19.4. The molecular formula is C26H19F3N4O2. The highest BCUT2D eigenvalue weighted by molar-refractivity contribution is 5.91. The zero-order chi connectivity index (χ0) is 24.4. The van der Waals surface area contributed by atoms with E-state index in [0.717, 1.165) is 4.57 Å². The number of alkyl halides is 2. The van der Waals surface area contributed by atoms with Crippen molar-refractivity contribution in [3.8, 4) is 22.7 Å². The largest absolute Gasteiger partial charge is 0.441 e. The monoisotopic (exact) mass is 476 g/mol. The molecule has 0 radical (unpaired) electrons. The Morgan fingerprint density at radius 1 is 1.00 bits per heavy atom. The summed E-state index contributed by atoms with van der Waals surface area (Å²) in [6.45, 7) is -2.74. The van der Waals surface area contributed by atoms with Crippen molar-refractivity contribution in [1.82, 2.24) is 14.5 Å². The molecule has 0 fully saturated rings. The molecule has 5 rings (SSSR count). The number of oxazole rings is 1. The first kappa shape index (κ1) is 22.4. The van der Waals surface area contributed by atoms with E-state index in [-0.39, 0.29) is 24.6 Å². The average Bonchev–Trinajstić information content (AvgIpc) is 3.48. The third-order valence-electron chi connectivity index (χ3n) is 5.48. The molecule has 5 aromatic rings. The summed E-state index contributed by atoms with van der Waals surface area (Å²) in [6.07, 6.45) is 1.76. The van der Waals surface area contributed by atoms with E-state index in [2.05, 4.69) is 15.3 Å². The van der Waals surface area contributed by atoms with Crippen molar-refractivity contribution < 1.29 is 22.4 Å². The van der Waals surface area contributed by atoms with Crippen LogP contribution < -0.4 is 5.32 Å². The van der Waals surface area contributed by atoms with Crippen molar-refractivity contribution in [3.63, 3.8) is 0 Å². The van der Waals surface area contributed by atoms with Crippen molar-refractivity contribution in [2.45, 2.75) is 19.4 Å². The average molecular weight is 476 g/mol. The normalized spacial score (nSPS) is 11.3. The Bertz CT molecular complexity index is 1490. The molecule has 0 aliphatic carbocycles. The molecule has 0 spiro atoms. The second-order valence-electron chi connectivity index (χ2n) is 7.80. The highest BCUT2D eigenvalue weighted by atomic mass is 19.3. The summed E-state index contributed by atoms with van der Waals surface area (Å²) >= 11 is 0. The van der Waals surface area contributed by atoms with Crippen LogP contribution in [0.1, 0.15) is 18.9 Å². The summed E-state index contributed by atoms with van der Waals surface area (Å²) < 4.78 is 47.8. The Labute approximate surface area is 198 Å². The molecule has 6 nitrogen and oxygen atoms in total. The van der Waals surface area contributed by atoms with E-state index in [1.165, 1.54) is 12.3 Å². The van der Waals surface area contributed by atoms with Gasteiger partial charge in [0.25, 0.3) is 0 Å². The number of hydrogen-bond acceptors (Lipinski definition) is 4. The van der Waals surface area contributed by atoms with E-state index < -0.39 is 12.4 Å². The fourth-order valence-corrected chi connectivity index (χ4v) is 3.80. The van der Waals surface area contributed by atoms with Crippen molar-refractivity contribution in [2.75, 3.05) is 5.32 Å². The molecule has 1 amide bonds. The molecule has 35 heavy (non-hydrogen) atoms. The predicted octanol–water partition coefficient (Wildman–Crippen LogP) is 6.46. The lowest BCUT2D eigenvalue weighted by atomic mass is 10.2. The third-order valence-corrected chi connectivity index (χ3v) is 5.48. The highest BCUT2D eigenvalue weighted by Gasteiger charge is 2.19. The Balaban J connectivity index is 1.24.